The fourth-order valence-corrected chi connectivity index (χ4v) is 2.58. The summed E-state index contributed by atoms with van der Waals surface area (Å²) in [6.45, 7) is 3.25. The van der Waals surface area contributed by atoms with E-state index in [1.54, 1.807) is 6.20 Å². The van der Waals surface area contributed by atoms with Crippen LogP contribution in [0, 0.1) is 0 Å². The van der Waals surface area contributed by atoms with Crippen molar-refractivity contribution in [3.8, 4) is 0 Å². The first-order chi connectivity index (χ1) is 6.27. The Hall–Kier alpha value is -0.640. The fourth-order valence-electron chi connectivity index (χ4n) is 1.73. The highest BCUT2D eigenvalue weighted by Gasteiger charge is 2.27. The number of aromatic nitrogens is 2. The largest absolute Gasteiger partial charge is 0.351 e. The van der Waals surface area contributed by atoms with Gasteiger partial charge in [0.2, 0.25) is 0 Å². The maximum atomic E-state index is 4.10. The van der Waals surface area contributed by atoms with Crippen LogP contribution in [-0.4, -0.2) is 27.6 Å². The normalized spacial score (nSPS) is 28.0. The highest BCUT2D eigenvalue weighted by Crippen LogP contribution is 2.26. The molecule has 1 aliphatic heterocycles. The van der Waals surface area contributed by atoms with E-state index in [1.165, 1.54) is 6.42 Å². The van der Waals surface area contributed by atoms with Crippen molar-refractivity contribution < 1.29 is 0 Å². The van der Waals surface area contributed by atoms with Gasteiger partial charge in [-0.25, -0.2) is 0 Å². The van der Waals surface area contributed by atoms with Crippen LogP contribution in [0.3, 0.4) is 0 Å². The molecule has 0 spiro atoms. The number of hydrogen-bond donors (Lipinski definition) is 0. The summed E-state index contributed by atoms with van der Waals surface area (Å²) in [6, 6.07) is 4.49. The van der Waals surface area contributed by atoms with E-state index in [1.807, 2.05) is 12.1 Å². The molecular formula is C9H12BrN3. The molecule has 0 bridgehead atoms. The molecule has 2 heterocycles. The van der Waals surface area contributed by atoms with Crippen molar-refractivity contribution >= 4 is 21.7 Å². The molecule has 1 aromatic rings. The van der Waals surface area contributed by atoms with Crippen LogP contribution in [0.25, 0.3) is 0 Å². The van der Waals surface area contributed by atoms with Crippen molar-refractivity contribution in [3.63, 3.8) is 0 Å². The molecule has 13 heavy (non-hydrogen) atoms. The van der Waals surface area contributed by atoms with Gasteiger partial charge in [-0.05, 0) is 25.5 Å². The van der Waals surface area contributed by atoms with Crippen LogP contribution in [-0.2, 0) is 0 Å². The van der Waals surface area contributed by atoms with Crippen molar-refractivity contribution in [2.75, 3.05) is 11.4 Å². The van der Waals surface area contributed by atoms with Gasteiger partial charge in [-0.1, -0.05) is 15.9 Å². The summed E-state index contributed by atoms with van der Waals surface area (Å²) in [5, 5.41) is 7.98. The molecule has 0 amide bonds. The van der Waals surface area contributed by atoms with Crippen LogP contribution < -0.4 is 4.90 Å². The van der Waals surface area contributed by atoms with Crippen LogP contribution in [0.2, 0.25) is 0 Å². The molecule has 1 fully saturated rings. The highest BCUT2D eigenvalue weighted by molar-refractivity contribution is 9.09. The van der Waals surface area contributed by atoms with Gasteiger partial charge in [0, 0.05) is 23.6 Å². The lowest BCUT2D eigenvalue weighted by atomic mass is 10.2. The first-order valence-corrected chi connectivity index (χ1v) is 5.37. The SMILES string of the molecule is CC1CC(Br)CN1c1cccnn1. The first kappa shape index (κ1) is 8.94. The lowest BCUT2D eigenvalue weighted by molar-refractivity contribution is 0.723. The summed E-state index contributed by atoms with van der Waals surface area (Å²) in [6.07, 6.45) is 2.88. The molecule has 3 nitrogen and oxygen atoms in total. The highest BCUT2D eigenvalue weighted by atomic mass is 79.9. The maximum Gasteiger partial charge on any atom is 0.151 e. The van der Waals surface area contributed by atoms with Crippen molar-refractivity contribution in [1.82, 2.24) is 10.2 Å². The molecule has 4 heteroatoms. The minimum atomic E-state index is 0.557. The van der Waals surface area contributed by atoms with Gasteiger partial charge in [-0.15, -0.1) is 5.10 Å². The molecule has 0 saturated carbocycles. The minimum absolute atomic E-state index is 0.557. The first-order valence-electron chi connectivity index (χ1n) is 4.46. The van der Waals surface area contributed by atoms with Gasteiger partial charge in [0.05, 0.1) is 0 Å². The third-order valence-corrected chi connectivity index (χ3v) is 3.04. The predicted octanol–water partition coefficient (Wildman–Crippen LogP) is 1.84. The third kappa shape index (κ3) is 1.82. The fraction of sp³-hybridized carbons (Fsp3) is 0.556. The number of anilines is 1. The summed E-state index contributed by atoms with van der Waals surface area (Å²) in [4.78, 5) is 2.87. The predicted molar refractivity (Wildman–Crippen MR) is 56.2 cm³/mol. The molecule has 1 aliphatic rings. The monoisotopic (exact) mass is 241 g/mol. The summed E-state index contributed by atoms with van der Waals surface area (Å²) in [7, 11) is 0. The van der Waals surface area contributed by atoms with Crippen molar-refractivity contribution in [3.05, 3.63) is 18.3 Å². The Morgan fingerprint density at radius 3 is 3.00 bits per heavy atom. The molecule has 2 atom stereocenters. The second-order valence-electron chi connectivity index (χ2n) is 3.42. The van der Waals surface area contributed by atoms with Crippen LogP contribution in [0.4, 0.5) is 5.82 Å². The third-order valence-electron chi connectivity index (χ3n) is 2.38. The molecule has 0 aromatic carbocycles. The van der Waals surface area contributed by atoms with Crippen LogP contribution in [0.5, 0.6) is 0 Å². The second kappa shape index (κ2) is 3.62. The topological polar surface area (TPSA) is 29.0 Å². The van der Waals surface area contributed by atoms with Crippen LogP contribution in [0.15, 0.2) is 18.3 Å². The number of rotatable bonds is 1. The number of halogens is 1. The zero-order valence-corrected chi connectivity index (χ0v) is 9.11. The van der Waals surface area contributed by atoms with E-state index in [-0.39, 0.29) is 0 Å². The average Bonchev–Trinajstić information content (AvgIpc) is 2.47. The Balaban J connectivity index is 2.18. The molecule has 1 saturated heterocycles. The zero-order valence-electron chi connectivity index (χ0n) is 7.52. The molecule has 1 aromatic heterocycles. The van der Waals surface area contributed by atoms with Crippen LogP contribution >= 0.6 is 15.9 Å². The van der Waals surface area contributed by atoms with Gasteiger partial charge in [0.25, 0.3) is 0 Å². The van der Waals surface area contributed by atoms with Gasteiger partial charge >= 0.3 is 0 Å². The van der Waals surface area contributed by atoms with E-state index in [0.29, 0.717) is 10.9 Å². The van der Waals surface area contributed by atoms with E-state index in [4.69, 9.17) is 0 Å². The Bertz CT molecular complexity index is 277. The van der Waals surface area contributed by atoms with Crippen molar-refractivity contribution in [1.29, 1.82) is 0 Å². The quantitative estimate of drug-likeness (QED) is 0.703. The Morgan fingerprint density at radius 2 is 2.46 bits per heavy atom. The van der Waals surface area contributed by atoms with Gasteiger partial charge in [-0.2, -0.15) is 5.10 Å². The number of nitrogens with zero attached hydrogens (tertiary/aromatic N) is 3. The molecule has 2 rings (SSSR count). The van der Waals surface area contributed by atoms with Gasteiger partial charge < -0.3 is 4.90 Å². The summed E-state index contributed by atoms with van der Waals surface area (Å²) < 4.78 is 0. The molecule has 0 radical (unpaired) electrons. The summed E-state index contributed by atoms with van der Waals surface area (Å²) in [5.74, 6) is 0.983. The van der Waals surface area contributed by atoms with E-state index >= 15 is 0 Å². The Morgan fingerprint density at radius 1 is 1.62 bits per heavy atom. The molecule has 70 valence electrons. The van der Waals surface area contributed by atoms with E-state index in [0.717, 1.165) is 12.4 Å². The molecular weight excluding hydrogens is 230 g/mol. The lowest BCUT2D eigenvalue weighted by Gasteiger charge is -2.21. The maximum absolute atomic E-state index is 4.10. The molecule has 0 N–H and O–H groups in total. The van der Waals surface area contributed by atoms with E-state index in [9.17, 15) is 0 Å². The van der Waals surface area contributed by atoms with Crippen molar-refractivity contribution in [2.45, 2.75) is 24.2 Å². The Kier molecular flexibility index (Phi) is 2.49. The minimum Gasteiger partial charge on any atom is -0.351 e. The average molecular weight is 242 g/mol. The van der Waals surface area contributed by atoms with E-state index < -0.39 is 0 Å². The summed E-state index contributed by atoms with van der Waals surface area (Å²) in [5.41, 5.74) is 0. The second-order valence-corrected chi connectivity index (χ2v) is 4.71. The van der Waals surface area contributed by atoms with E-state index in [2.05, 4.69) is 38.0 Å². The van der Waals surface area contributed by atoms with Gasteiger partial charge in [0.15, 0.2) is 5.82 Å². The van der Waals surface area contributed by atoms with Gasteiger partial charge in [-0.3, -0.25) is 0 Å². The molecule has 0 aliphatic carbocycles. The smallest absolute Gasteiger partial charge is 0.151 e. The van der Waals surface area contributed by atoms with Gasteiger partial charge in [0.1, 0.15) is 0 Å². The lowest BCUT2D eigenvalue weighted by Crippen LogP contribution is -2.27. The van der Waals surface area contributed by atoms with Crippen LogP contribution in [0.1, 0.15) is 13.3 Å². The number of alkyl halides is 1. The Labute approximate surface area is 86.3 Å². The standard InChI is InChI=1S/C9H12BrN3/c1-7-5-8(10)6-13(7)9-3-2-4-11-12-9/h2-4,7-8H,5-6H2,1H3. The number of hydrogen-bond acceptors (Lipinski definition) is 3. The summed E-state index contributed by atoms with van der Waals surface area (Å²) >= 11 is 3.63. The molecule has 2 unspecified atom stereocenters. The van der Waals surface area contributed by atoms with Crippen molar-refractivity contribution in [2.24, 2.45) is 0 Å². The zero-order chi connectivity index (χ0) is 9.26.